The number of imidazole rings is 1. The van der Waals surface area contributed by atoms with E-state index in [1.165, 1.54) is 0 Å². The van der Waals surface area contributed by atoms with Gasteiger partial charge >= 0.3 is 5.63 Å². The minimum absolute atomic E-state index is 0.390. The fourth-order valence-electron chi connectivity index (χ4n) is 3.73. The van der Waals surface area contributed by atoms with Gasteiger partial charge in [0.25, 0.3) is 0 Å². The number of fused-ring (bicyclic) bond motifs is 2. The number of anilines is 1. The van der Waals surface area contributed by atoms with E-state index in [1.54, 1.807) is 10.6 Å². The van der Waals surface area contributed by atoms with Crippen LogP contribution in [0.25, 0.3) is 28.0 Å². The Morgan fingerprint density at radius 2 is 2.11 bits per heavy atom. The monoisotopic (exact) mass is 375 g/mol. The number of nitrogens with one attached hydrogen (secondary N) is 1. The van der Waals surface area contributed by atoms with E-state index in [-0.39, 0.29) is 0 Å². The van der Waals surface area contributed by atoms with Crippen LogP contribution in [0.1, 0.15) is 12.6 Å². The number of piperazine rings is 1. The molecule has 0 spiro atoms. The first-order valence-electron chi connectivity index (χ1n) is 9.46. The minimum Gasteiger partial charge on any atom is -0.422 e. The predicted octanol–water partition coefficient (Wildman–Crippen LogP) is 2.61. The first kappa shape index (κ1) is 16.9. The van der Waals surface area contributed by atoms with Crippen LogP contribution in [0, 0.1) is 6.92 Å². The quantitative estimate of drug-likeness (QED) is 0.543. The van der Waals surface area contributed by atoms with Crippen LogP contribution in [0.2, 0.25) is 0 Å². The molecular weight excluding hydrogens is 354 g/mol. The van der Waals surface area contributed by atoms with E-state index in [2.05, 4.69) is 33.2 Å². The van der Waals surface area contributed by atoms with Crippen LogP contribution in [-0.4, -0.2) is 40.0 Å². The summed E-state index contributed by atoms with van der Waals surface area (Å²) in [5.41, 5.74) is 3.16. The van der Waals surface area contributed by atoms with Crippen molar-refractivity contribution in [3.8, 4) is 11.3 Å². The molecule has 1 atom stereocenters. The molecule has 1 unspecified atom stereocenters. The van der Waals surface area contributed by atoms with Crippen LogP contribution in [-0.2, 0) is 0 Å². The molecule has 142 valence electrons. The molecule has 0 amide bonds. The van der Waals surface area contributed by atoms with Crippen molar-refractivity contribution >= 4 is 22.4 Å². The lowest BCUT2D eigenvalue weighted by Crippen LogP contribution is -2.49. The second kappa shape index (κ2) is 6.45. The van der Waals surface area contributed by atoms with E-state index in [4.69, 9.17) is 4.42 Å². The molecule has 1 aliphatic heterocycles. The summed E-state index contributed by atoms with van der Waals surface area (Å²) in [6, 6.07) is 10.2. The van der Waals surface area contributed by atoms with Gasteiger partial charge in [0.05, 0.1) is 11.3 Å². The highest BCUT2D eigenvalue weighted by atomic mass is 16.4. The maximum atomic E-state index is 12.7. The molecule has 7 nitrogen and oxygen atoms in total. The van der Waals surface area contributed by atoms with Crippen LogP contribution in [0.5, 0.6) is 0 Å². The van der Waals surface area contributed by atoms with Crippen molar-refractivity contribution in [1.29, 1.82) is 0 Å². The third-order valence-corrected chi connectivity index (χ3v) is 5.19. The smallest absolute Gasteiger partial charge is 0.345 e. The largest absolute Gasteiger partial charge is 0.422 e. The van der Waals surface area contributed by atoms with E-state index < -0.39 is 5.63 Å². The molecule has 1 saturated heterocycles. The molecule has 0 radical (unpaired) electrons. The van der Waals surface area contributed by atoms with E-state index in [1.807, 2.05) is 37.4 Å². The lowest BCUT2D eigenvalue weighted by molar-refractivity contribution is 0.484. The van der Waals surface area contributed by atoms with Gasteiger partial charge in [-0.05, 0) is 38.1 Å². The highest BCUT2D eigenvalue weighted by molar-refractivity contribution is 5.84. The molecule has 1 aliphatic rings. The van der Waals surface area contributed by atoms with Gasteiger partial charge in [0, 0.05) is 60.9 Å². The number of hydrogen-bond donors (Lipinski definition) is 1. The van der Waals surface area contributed by atoms with Gasteiger partial charge < -0.3 is 14.6 Å². The molecule has 0 aliphatic carbocycles. The van der Waals surface area contributed by atoms with Gasteiger partial charge in [-0.2, -0.15) is 0 Å². The predicted molar refractivity (Wildman–Crippen MR) is 109 cm³/mol. The standard InChI is InChI=1S/C21H21N5O2/c1-13-5-7-26-12-18(24-21(26)23-13)17-9-15-3-4-16(10-19(15)28-20(17)27)25-8-6-22-14(2)11-25/h3-5,7,9-10,12,14,22H,6,8,11H2,1-2H3. The first-order valence-corrected chi connectivity index (χ1v) is 9.46. The Kier molecular flexibility index (Phi) is 3.91. The number of benzene rings is 1. The van der Waals surface area contributed by atoms with E-state index in [0.29, 0.717) is 28.7 Å². The summed E-state index contributed by atoms with van der Waals surface area (Å²) in [4.78, 5) is 23.8. The Bertz CT molecular complexity index is 1240. The van der Waals surface area contributed by atoms with Crippen LogP contribution >= 0.6 is 0 Å². The van der Waals surface area contributed by atoms with Crippen molar-refractivity contribution in [2.75, 3.05) is 24.5 Å². The number of nitrogens with zero attached hydrogens (tertiary/aromatic N) is 4. The van der Waals surface area contributed by atoms with Crippen molar-refractivity contribution in [3.05, 3.63) is 58.8 Å². The second-order valence-corrected chi connectivity index (χ2v) is 7.37. The summed E-state index contributed by atoms with van der Waals surface area (Å²) in [6.45, 7) is 6.90. The lowest BCUT2D eigenvalue weighted by Gasteiger charge is -2.33. The summed E-state index contributed by atoms with van der Waals surface area (Å²) in [5, 5.41) is 4.32. The van der Waals surface area contributed by atoms with Gasteiger partial charge in [0.2, 0.25) is 5.78 Å². The average Bonchev–Trinajstić information content (AvgIpc) is 3.10. The number of aromatic nitrogens is 3. The zero-order valence-corrected chi connectivity index (χ0v) is 15.8. The van der Waals surface area contributed by atoms with Crippen LogP contribution in [0.15, 0.2) is 51.9 Å². The molecule has 4 aromatic rings. The van der Waals surface area contributed by atoms with Crippen LogP contribution < -0.4 is 15.8 Å². The van der Waals surface area contributed by atoms with Crippen LogP contribution in [0.3, 0.4) is 0 Å². The van der Waals surface area contributed by atoms with Gasteiger partial charge in [-0.1, -0.05) is 0 Å². The molecule has 1 aromatic carbocycles. The Balaban J connectivity index is 1.56. The number of rotatable bonds is 2. The van der Waals surface area contributed by atoms with Gasteiger partial charge in [-0.3, -0.25) is 4.40 Å². The fourth-order valence-corrected chi connectivity index (χ4v) is 3.73. The second-order valence-electron chi connectivity index (χ2n) is 7.37. The summed E-state index contributed by atoms with van der Waals surface area (Å²) in [5.74, 6) is 0.567. The maximum absolute atomic E-state index is 12.7. The van der Waals surface area contributed by atoms with E-state index in [0.717, 1.165) is 36.4 Å². The normalized spacial score (nSPS) is 17.5. The molecule has 4 heterocycles. The van der Waals surface area contributed by atoms with Gasteiger partial charge in [-0.15, -0.1) is 0 Å². The van der Waals surface area contributed by atoms with Crippen molar-refractivity contribution in [3.63, 3.8) is 0 Å². The zero-order valence-electron chi connectivity index (χ0n) is 15.8. The Morgan fingerprint density at radius 1 is 1.21 bits per heavy atom. The SMILES string of the molecule is Cc1ccn2cc(-c3cc4ccc(N5CCNC(C)C5)cc4oc3=O)nc2n1. The lowest BCUT2D eigenvalue weighted by atomic mass is 10.1. The Labute approximate surface area is 161 Å². The molecule has 0 saturated carbocycles. The van der Waals surface area contributed by atoms with E-state index >= 15 is 0 Å². The molecule has 1 N–H and O–H groups in total. The number of hydrogen-bond acceptors (Lipinski definition) is 6. The highest BCUT2D eigenvalue weighted by Gasteiger charge is 2.17. The van der Waals surface area contributed by atoms with Crippen LogP contribution in [0.4, 0.5) is 5.69 Å². The molecule has 28 heavy (non-hydrogen) atoms. The average molecular weight is 375 g/mol. The zero-order chi connectivity index (χ0) is 19.3. The third-order valence-electron chi connectivity index (χ3n) is 5.19. The molecule has 7 heteroatoms. The summed E-state index contributed by atoms with van der Waals surface area (Å²) in [6.07, 6.45) is 3.69. The molecular formula is C21H21N5O2. The topological polar surface area (TPSA) is 75.7 Å². The van der Waals surface area contributed by atoms with Gasteiger partial charge in [0.1, 0.15) is 5.58 Å². The summed E-state index contributed by atoms with van der Waals surface area (Å²) in [7, 11) is 0. The summed E-state index contributed by atoms with van der Waals surface area (Å²) >= 11 is 0. The van der Waals surface area contributed by atoms with Gasteiger partial charge in [-0.25, -0.2) is 14.8 Å². The number of aryl methyl sites for hydroxylation is 1. The van der Waals surface area contributed by atoms with Crippen molar-refractivity contribution in [2.45, 2.75) is 19.9 Å². The first-order chi connectivity index (χ1) is 13.6. The minimum atomic E-state index is -0.390. The molecule has 0 bridgehead atoms. The summed E-state index contributed by atoms with van der Waals surface area (Å²) < 4.78 is 7.46. The van der Waals surface area contributed by atoms with Crippen molar-refractivity contribution in [2.24, 2.45) is 0 Å². The Morgan fingerprint density at radius 3 is 2.96 bits per heavy atom. The third kappa shape index (κ3) is 2.93. The van der Waals surface area contributed by atoms with Crippen molar-refractivity contribution in [1.82, 2.24) is 19.7 Å². The maximum Gasteiger partial charge on any atom is 0.345 e. The van der Waals surface area contributed by atoms with Gasteiger partial charge in [0.15, 0.2) is 0 Å². The molecule has 5 rings (SSSR count). The molecule has 1 fully saturated rings. The fraction of sp³-hybridized carbons (Fsp3) is 0.286. The van der Waals surface area contributed by atoms with E-state index in [9.17, 15) is 4.79 Å². The Hall–Kier alpha value is -3.19. The highest BCUT2D eigenvalue weighted by Crippen LogP contribution is 2.25. The molecule has 3 aromatic heterocycles. The van der Waals surface area contributed by atoms with Crippen molar-refractivity contribution < 1.29 is 4.42 Å².